The minimum absolute atomic E-state index is 0.164. The summed E-state index contributed by atoms with van der Waals surface area (Å²) in [5, 5.41) is 12.0. The summed E-state index contributed by atoms with van der Waals surface area (Å²) in [6, 6.07) is 10.6. The topological polar surface area (TPSA) is 98.0 Å². The molecule has 3 aromatic rings. The summed E-state index contributed by atoms with van der Waals surface area (Å²) < 4.78 is 51.3. The number of carbonyl (C=O) groups is 1. The molecule has 10 heteroatoms. The first-order valence-corrected chi connectivity index (χ1v) is 9.12. The molecule has 1 unspecified atom stereocenters. The predicted molar refractivity (Wildman–Crippen MR) is 105 cm³/mol. The van der Waals surface area contributed by atoms with Gasteiger partial charge in [0, 0.05) is 17.5 Å². The number of alkyl halides is 3. The van der Waals surface area contributed by atoms with Crippen LogP contribution < -0.4 is 20.4 Å². The van der Waals surface area contributed by atoms with Crippen molar-refractivity contribution in [2.24, 2.45) is 0 Å². The van der Waals surface area contributed by atoms with E-state index in [0.717, 1.165) is 12.1 Å². The van der Waals surface area contributed by atoms with E-state index < -0.39 is 29.7 Å². The predicted octanol–water partition coefficient (Wildman–Crippen LogP) is 3.23. The first kappa shape index (κ1) is 22.2. The van der Waals surface area contributed by atoms with Crippen molar-refractivity contribution in [3.05, 3.63) is 59.0 Å². The second kappa shape index (κ2) is 9.09. The number of hydrogen-bond acceptors (Lipinski definition) is 6. The summed E-state index contributed by atoms with van der Waals surface area (Å²) in [5.74, 6) is -0.527. The molecule has 0 spiro atoms. The van der Waals surface area contributed by atoms with Crippen molar-refractivity contribution in [1.29, 1.82) is 0 Å². The lowest BCUT2D eigenvalue weighted by atomic mass is 10.1. The van der Waals surface area contributed by atoms with Gasteiger partial charge in [-0.2, -0.15) is 0 Å². The molecule has 0 fully saturated rings. The van der Waals surface area contributed by atoms with Crippen LogP contribution in [-0.4, -0.2) is 36.6 Å². The van der Waals surface area contributed by atoms with Gasteiger partial charge in [-0.05, 0) is 42.8 Å². The van der Waals surface area contributed by atoms with Gasteiger partial charge in [0.1, 0.15) is 17.1 Å². The fraction of sp³-hybridized carbons (Fsp3) is 0.238. The van der Waals surface area contributed by atoms with Crippen molar-refractivity contribution in [3.8, 4) is 22.6 Å². The molecule has 2 N–H and O–H groups in total. The van der Waals surface area contributed by atoms with Crippen LogP contribution in [0.15, 0.2) is 57.7 Å². The molecule has 0 bridgehead atoms. The standard InChI is InChI=1S/C21H18F3NO6/c1-12(10-26)25-19(27)11-29-16-7-4-14-8-17(20(28)30-18(14)9-16)13-2-5-15(6-3-13)31-21(22,23)24/h2-9,12,26H,10-11H2,1H3,(H,25,27). The molecular weight excluding hydrogens is 419 g/mol. The Hall–Kier alpha value is -3.53. The maximum Gasteiger partial charge on any atom is 0.573 e. The van der Waals surface area contributed by atoms with Gasteiger partial charge in [-0.3, -0.25) is 4.79 Å². The van der Waals surface area contributed by atoms with Crippen molar-refractivity contribution >= 4 is 16.9 Å². The Balaban J connectivity index is 1.77. The first-order valence-electron chi connectivity index (χ1n) is 9.12. The summed E-state index contributed by atoms with van der Waals surface area (Å²) in [4.78, 5) is 24.1. The van der Waals surface area contributed by atoms with Gasteiger partial charge in [0.2, 0.25) is 0 Å². The van der Waals surface area contributed by atoms with E-state index in [1.807, 2.05) is 0 Å². The second-order valence-electron chi connectivity index (χ2n) is 6.66. The fourth-order valence-corrected chi connectivity index (χ4v) is 2.73. The van der Waals surface area contributed by atoms with Crippen molar-refractivity contribution in [2.45, 2.75) is 19.3 Å². The Morgan fingerprint density at radius 1 is 1.13 bits per heavy atom. The molecule has 0 aliphatic heterocycles. The van der Waals surface area contributed by atoms with E-state index in [1.54, 1.807) is 25.1 Å². The highest BCUT2D eigenvalue weighted by Gasteiger charge is 2.31. The monoisotopic (exact) mass is 437 g/mol. The molecule has 7 nitrogen and oxygen atoms in total. The highest BCUT2D eigenvalue weighted by atomic mass is 19.4. The number of halogens is 3. The second-order valence-corrected chi connectivity index (χ2v) is 6.66. The zero-order valence-electron chi connectivity index (χ0n) is 16.2. The fourth-order valence-electron chi connectivity index (χ4n) is 2.73. The van der Waals surface area contributed by atoms with Crippen molar-refractivity contribution in [1.82, 2.24) is 5.32 Å². The molecule has 1 aromatic heterocycles. The maximum absolute atomic E-state index is 12.4. The molecule has 1 heterocycles. The van der Waals surface area contributed by atoms with Gasteiger partial charge in [-0.15, -0.1) is 13.2 Å². The number of hydrogen-bond donors (Lipinski definition) is 2. The molecule has 0 radical (unpaired) electrons. The van der Waals surface area contributed by atoms with Gasteiger partial charge in [0.15, 0.2) is 6.61 Å². The van der Waals surface area contributed by atoms with E-state index in [9.17, 15) is 22.8 Å². The van der Waals surface area contributed by atoms with Crippen LogP contribution in [0.25, 0.3) is 22.1 Å². The average Bonchev–Trinajstić information content (AvgIpc) is 2.71. The third-order valence-electron chi connectivity index (χ3n) is 4.16. The van der Waals surface area contributed by atoms with E-state index in [4.69, 9.17) is 14.3 Å². The molecule has 0 aliphatic carbocycles. The van der Waals surface area contributed by atoms with Crippen LogP contribution in [-0.2, 0) is 4.79 Å². The first-order chi connectivity index (χ1) is 14.6. The SMILES string of the molecule is CC(CO)NC(=O)COc1ccc2cc(-c3ccc(OC(F)(F)F)cc3)c(=O)oc2c1. The molecular formula is C21H18F3NO6. The van der Waals surface area contributed by atoms with E-state index in [1.165, 1.54) is 18.2 Å². The van der Waals surface area contributed by atoms with Gasteiger partial charge in [0.05, 0.1) is 12.2 Å². The number of nitrogens with one attached hydrogen (secondary N) is 1. The van der Waals surface area contributed by atoms with Gasteiger partial charge in [0.25, 0.3) is 5.91 Å². The summed E-state index contributed by atoms with van der Waals surface area (Å²) in [6.07, 6.45) is -4.80. The third-order valence-corrected chi connectivity index (χ3v) is 4.16. The zero-order valence-corrected chi connectivity index (χ0v) is 16.2. The van der Waals surface area contributed by atoms with Crippen LogP contribution in [0.2, 0.25) is 0 Å². The number of carbonyl (C=O) groups excluding carboxylic acids is 1. The number of amides is 1. The van der Waals surface area contributed by atoms with Crippen LogP contribution in [0.3, 0.4) is 0 Å². The minimum atomic E-state index is -4.80. The van der Waals surface area contributed by atoms with Crippen LogP contribution in [0.5, 0.6) is 11.5 Å². The van der Waals surface area contributed by atoms with Gasteiger partial charge in [-0.25, -0.2) is 4.79 Å². The number of rotatable bonds is 7. The Morgan fingerprint density at radius 2 is 1.81 bits per heavy atom. The normalized spacial score (nSPS) is 12.4. The Labute approximate surface area is 174 Å². The molecule has 1 atom stereocenters. The van der Waals surface area contributed by atoms with Crippen LogP contribution >= 0.6 is 0 Å². The lowest BCUT2D eigenvalue weighted by Crippen LogP contribution is -2.38. The highest BCUT2D eigenvalue weighted by Crippen LogP contribution is 2.27. The summed E-state index contributed by atoms with van der Waals surface area (Å²) >= 11 is 0. The van der Waals surface area contributed by atoms with Crippen LogP contribution in [0.4, 0.5) is 13.2 Å². The Kier molecular flexibility index (Phi) is 6.50. The molecule has 0 aliphatic rings. The number of aliphatic hydroxyl groups excluding tert-OH is 1. The average molecular weight is 437 g/mol. The summed E-state index contributed by atoms with van der Waals surface area (Å²) in [7, 11) is 0. The smallest absolute Gasteiger partial charge is 0.484 e. The number of fused-ring (bicyclic) bond motifs is 1. The molecule has 31 heavy (non-hydrogen) atoms. The van der Waals surface area contributed by atoms with E-state index >= 15 is 0 Å². The van der Waals surface area contributed by atoms with Crippen molar-refractivity contribution < 1.29 is 37.0 Å². The Morgan fingerprint density at radius 3 is 2.45 bits per heavy atom. The maximum atomic E-state index is 12.4. The van der Waals surface area contributed by atoms with Crippen LogP contribution in [0.1, 0.15) is 6.92 Å². The third kappa shape index (κ3) is 5.98. The van der Waals surface area contributed by atoms with Crippen LogP contribution in [0, 0.1) is 0 Å². The molecule has 0 saturated carbocycles. The molecule has 1 amide bonds. The Bertz CT molecular complexity index is 1120. The lowest BCUT2D eigenvalue weighted by Gasteiger charge is -2.12. The summed E-state index contributed by atoms with van der Waals surface area (Å²) in [5.41, 5.74) is 0.0494. The highest BCUT2D eigenvalue weighted by molar-refractivity contribution is 5.83. The molecule has 0 saturated heterocycles. The lowest BCUT2D eigenvalue weighted by molar-refractivity contribution is -0.274. The molecule has 164 valence electrons. The zero-order chi connectivity index (χ0) is 22.6. The van der Waals surface area contributed by atoms with Crippen molar-refractivity contribution in [2.75, 3.05) is 13.2 Å². The van der Waals surface area contributed by atoms with E-state index in [-0.39, 0.29) is 24.4 Å². The van der Waals surface area contributed by atoms with E-state index in [0.29, 0.717) is 16.7 Å². The largest absolute Gasteiger partial charge is 0.573 e. The number of ether oxygens (including phenoxy) is 2. The molecule has 3 rings (SSSR count). The van der Waals surface area contributed by atoms with E-state index in [2.05, 4.69) is 10.1 Å². The number of aliphatic hydroxyl groups is 1. The molecule has 2 aromatic carbocycles. The quantitative estimate of drug-likeness (QED) is 0.551. The van der Waals surface area contributed by atoms with Gasteiger partial charge in [-0.1, -0.05) is 12.1 Å². The van der Waals surface area contributed by atoms with Gasteiger partial charge < -0.3 is 24.3 Å². The minimum Gasteiger partial charge on any atom is -0.484 e. The van der Waals surface area contributed by atoms with Crippen molar-refractivity contribution in [3.63, 3.8) is 0 Å². The number of benzene rings is 2. The summed E-state index contributed by atoms with van der Waals surface area (Å²) in [6.45, 7) is 1.15. The van der Waals surface area contributed by atoms with Gasteiger partial charge >= 0.3 is 12.0 Å².